The first-order valence-corrected chi connectivity index (χ1v) is 14.0. The summed E-state index contributed by atoms with van der Waals surface area (Å²) in [7, 11) is -3.07. The number of hydrogen-bond donors (Lipinski definition) is 0. The van der Waals surface area contributed by atoms with E-state index in [2.05, 4.69) is 5.10 Å². The van der Waals surface area contributed by atoms with Crippen molar-refractivity contribution in [3.63, 3.8) is 0 Å². The molecule has 3 heterocycles. The molecule has 1 aliphatic heterocycles. The minimum atomic E-state index is -3.07. The third-order valence-corrected chi connectivity index (χ3v) is 8.45. The summed E-state index contributed by atoms with van der Waals surface area (Å²) in [6, 6.07) is 11.8. The Bertz CT molecular complexity index is 1270. The van der Waals surface area contributed by atoms with Gasteiger partial charge in [0.1, 0.15) is 0 Å². The van der Waals surface area contributed by atoms with Crippen LogP contribution in [0.3, 0.4) is 0 Å². The molecule has 1 fully saturated rings. The number of sulfone groups is 1. The summed E-state index contributed by atoms with van der Waals surface area (Å²) in [5.41, 5.74) is 4.73. The zero-order valence-electron chi connectivity index (χ0n) is 19.5. The fourth-order valence-electron chi connectivity index (χ4n) is 4.38. The van der Waals surface area contributed by atoms with E-state index in [9.17, 15) is 13.2 Å². The average molecular weight is 487 g/mol. The number of rotatable bonds is 7. The normalized spacial score (nSPS) is 17.7. The molecule has 3 aromatic rings. The van der Waals surface area contributed by atoms with Gasteiger partial charge in [0.15, 0.2) is 15.0 Å². The largest absolute Gasteiger partial charge is 0.338 e. The molecule has 0 bridgehead atoms. The van der Waals surface area contributed by atoms with Crippen LogP contribution in [0.15, 0.2) is 41.6 Å². The summed E-state index contributed by atoms with van der Waals surface area (Å²) in [6.07, 6.45) is 0.510. The van der Waals surface area contributed by atoms with E-state index >= 15 is 0 Å². The van der Waals surface area contributed by atoms with E-state index in [-0.39, 0.29) is 35.1 Å². The van der Waals surface area contributed by atoms with Gasteiger partial charge in [-0.2, -0.15) is 5.10 Å². The van der Waals surface area contributed by atoms with Gasteiger partial charge in [-0.1, -0.05) is 55.9 Å². The predicted molar refractivity (Wildman–Crippen MR) is 132 cm³/mol. The van der Waals surface area contributed by atoms with Crippen LogP contribution in [0.4, 0.5) is 0 Å². The summed E-state index contributed by atoms with van der Waals surface area (Å²) in [4.78, 5) is 19.9. The number of hydrogen-bond acceptors (Lipinski definition) is 6. The van der Waals surface area contributed by atoms with Crippen molar-refractivity contribution in [1.29, 1.82) is 0 Å². The van der Waals surface area contributed by atoms with E-state index in [0.29, 0.717) is 18.1 Å². The Morgan fingerprint density at radius 2 is 1.97 bits per heavy atom. The highest BCUT2D eigenvalue weighted by atomic mass is 32.2. The van der Waals surface area contributed by atoms with Gasteiger partial charge in [0, 0.05) is 18.2 Å². The molecule has 4 rings (SSSR count). The number of aryl methyl sites for hydroxylation is 2. The van der Waals surface area contributed by atoms with Gasteiger partial charge in [0.2, 0.25) is 5.91 Å². The van der Waals surface area contributed by atoms with E-state index < -0.39 is 9.84 Å². The van der Waals surface area contributed by atoms with Gasteiger partial charge >= 0.3 is 0 Å². The minimum Gasteiger partial charge on any atom is -0.338 e. The van der Waals surface area contributed by atoms with Crippen molar-refractivity contribution in [2.75, 3.05) is 23.8 Å². The van der Waals surface area contributed by atoms with E-state index in [1.807, 2.05) is 68.6 Å². The number of nitrogens with zero attached hydrogens (tertiary/aromatic N) is 4. The standard InChI is InChI=1S/C24H30N4O3S2/c1-16(2)13-27(20-10-11-33(30,31)15-20)21(29)14-32-24-25-22(19-8-6-5-7-9-19)23-17(3)12-18(4)26-28(23)24/h5-9,12,16,20H,10-11,13-15H2,1-4H3. The molecule has 33 heavy (non-hydrogen) atoms. The molecule has 7 nitrogen and oxygen atoms in total. The Kier molecular flexibility index (Phi) is 6.81. The van der Waals surface area contributed by atoms with Crippen LogP contribution in [0, 0.1) is 19.8 Å². The van der Waals surface area contributed by atoms with Gasteiger partial charge in [-0.05, 0) is 37.8 Å². The summed E-state index contributed by atoms with van der Waals surface area (Å²) in [5.74, 6) is 0.594. The molecular weight excluding hydrogens is 456 g/mol. The maximum absolute atomic E-state index is 13.2. The lowest BCUT2D eigenvalue weighted by molar-refractivity contribution is -0.130. The average Bonchev–Trinajstić information content (AvgIpc) is 3.30. The van der Waals surface area contributed by atoms with Gasteiger partial charge in [-0.15, -0.1) is 0 Å². The number of thioether (sulfide) groups is 1. The molecule has 0 radical (unpaired) electrons. The molecule has 1 unspecified atom stereocenters. The second-order valence-electron chi connectivity index (χ2n) is 9.12. The summed E-state index contributed by atoms with van der Waals surface area (Å²) in [5, 5.41) is 5.34. The van der Waals surface area contributed by atoms with Gasteiger partial charge in [0.05, 0.1) is 34.2 Å². The van der Waals surface area contributed by atoms with Crippen LogP contribution in [0.25, 0.3) is 16.8 Å². The van der Waals surface area contributed by atoms with Crippen LogP contribution in [-0.2, 0) is 14.6 Å². The molecular formula is C24H30N4O3S2. The SMILES string of the molecule is Cc1cc(C)c2c(-c3ccccc3)nc(SCC(=O)N(CC(C)C)C3CCS(=O)(=O)C3)n2n1. The van der Waals surface area contributed by atoms with Crippen molar-refractivity contribution >= 4 is 33.0 Å². The van der Waals surface area contributed by atoms with Crippen molar-refractivity contribution in [3.05, 3.63) is 47.7 Å². The van der Waals surface area contributed by atoms with Crippen LogP contribution in [-0.4, -0.2) is 63.7 Å². The topological polar surface area (TPSA) is 84.6 Å². The first-order chi connectivity index (χ1) is 15.6. The molecule has 1 aliphatic rings. The highest BCUT2D eigenvalue weighted by Crippen LogP contribution is 2.31. The third-order valence-electron chi connectivity index (χ3n) is 5.78. The van der Waals surface area contributed by atoms with Crippen LogP contribution in [0.5, 0.6) is 0 Å². The first-order valence-electron chi connectivity index (χ1n) is 11.2. The number of amides is 1. The fourth-order valence-corrected chi connectivity index (χ4v) is 6.94. The van der Waals surface area contributed by atoms with Crippen LogP contribution in [0.1, 0.15) is 31.5 Å². The van der Waals surface area contributed by atoms with Gasteiger partial charge in [-0.25, -0.2) is 17.9 Å². The van der Waals surface area contributed by atoms with Gasteiger partial charge in [-0.3, -0.25) is 4.79 Å². The highest BCUT2D eigenvalue weighted by molar-refractivity contribution is 7.99. The monoisotopic (exact) mass is 486 g/mol. The quantitative estimate of drug-likeness (QED) is 0.473. The number of fused-ring (bicyclic) bond motifs is 1. The molecule has 9 heteroatoms. The van der Waals surface area contributed by atoms with E-state index in [1.165, 1.54) is 11.8 Å². The fraction of sp³-hybridized carbons (Fsp3) is 0.458. The molecule has 0 aliphatic carbocycles. The molecule has 1 atom stereocenters. The highest BCUT2D eigenvalue weighted by Gasteiger charge is 2.35. The van der Waals surface area contributed by atoms with Crippen molar-refractivity contribution < 1.29 is 13.2 Å². The zero-order chi connectivity index (χ0) is 23.8. The minimum absolute atomic E-state index is 0.0561. The Labute approximate surface area is 199 Å². The molecule has 176 valence electrons. The molecule has 0 N–H and O–H groups in total. The molecule has 0 spiro atoms. The first kappa shape index (κ1) is 23.8. The molecule has 1 saturated heterocycles. The second kappa shape index (κ2) is 9.46. The van der Waals surface area contributed by atoms with Crippen LogP contribution < -0.4 is 0 Å². The lowest BCUT2D eigenvalue weighted by Gasteiger charge is -2.29. The second-order valence-corrected chi connectivity index (χ2v) is 12.3. The lowest BCUT2D eigenvalue weighted by Crippen LogP contribution is -2.44. The van der Waals surface area contributed by atoms with Crippen molar-refractivity contribution in [1.82, 2.24) is 19.5 Å². The Morgan fingerprint density at radius 1 is 1.24 bits per heavy atom. The van der Waals surface area contributed by atoms with E-state index in [4.69, 9.17) is 4.98 Å². The summed E-state index contributed by atoms with van der Waals surface area (Å²) in [6.45, 7) is 8.62. The maximum Gasteiger partial charge on any atom is 0.233 e. The predicted octanol–water partition coefficient (Wildman–Crippen LogP) is 3.78. The Hall–Kier alpha value is -2.39. The number of aromatic nitrogens is 3. The number of carbonyl (C=O) groups excluding carboxylic acids is 1. The Balaban J connectivity index is 1.63. The smallest absolute Gasteiger partial charge is 0.233 e. The zero-order valence-corrected chi connectivity index (χ0v) is 21.1. The van der Waals surface area contributed by atoms with Crippen molar-refractivity contribution in [3.8, 4) is 11.3 Å². The van der Waals surface area contributed by atoms with E-state index in [1.54, 1.807) is 4.90 Å². The van der Waals surface area contributed by atoms with Crippen molar-refractivity contribution in [2.24, 2.45) is 5.92 Å². The molecule has 0 saturated carbocycles. The lowest BCUT2D eigenvalue weighted by atomic mass is 10.1. The van der Waals surface area contributed by atoms with Gasteiger partial charge < -0.3 is 4.90 Å². The van der Waals surface area contributed by atoms with Crippen molar-refractivity contribution in [2.45, 2.75) is 45.3 Å². The number of carbonyl (C=O) groups is 1. The Morgan fingerprint density at radius 3 is 2.61 bits per heavy atom. The summed E-state index contributed by atoms with van der Waals surface area (Å²) < 4.78 is 25.9. The van der Waals surface area contributed by atoms with E-state index in [0.717, 1.165) is 28.0 Å². The maximum atomic E-state index is 13.2. The third kappa shape index (κ3) is 5.24. The number of imidazole rings is 1. The number of benzene rings is 1. The van der Waals surface area contributed by atoms with Gasteiger partial charge in [0.25, 0.3) is 0 Å². The molecule has 1 amide bonds. The molecule has 2 aromatic heterocycles. The van der Waals surface area contributed by atoms with Crippen LogP contribution >= 0.6 is 11.8 Å². The summed E-state index contributed by atoms with van der Waals surface area (Å²) >= 11 is 1.35. The molecule has 1 aromatic carbocycles. The van der Waals surface area contributed by atoms with Crippen LogP contribution in [0.2, 0.25) is 0 Å².